The molecule has 0 heterocycles. The standard InChI is InChI=1S/C7H8F7/c1-2-5(9,10)7(13,14)6(11,12)3-4-8/h1-4H2. The first-order chi connectivity index (χ1) is 6.12. The van der Waals surface area contributed by atoms with Gasteiger partial charge in [0.05, 0.1) is 6.67 Å². The number of hydrogen-bond acceptors (Lipinski definition) is 0. The van der Waals surface area contributed by atoms with Crippen LogP contribution in [0.1, 0.15) is 12.8 Å². The van der Waals surface area contributed by atoms with Crippen molar-refractivity contribution in [2.75, 3.05) is 6.67 Å². The van der Waals surface area contributed by atoms with Crippen LogP contribution in [0.4, 0.5) is 30.7 Å². The molecule has 0 aliphatic heterocycles. The molecule has 0 fully saturated rings. The van der Waals surface area contributed by atoms with Crippen LogP contribution in [0.25, 0.3) is 0 Å². The topological polar surface area (TPSA) is 0 Å². The molecule has 0 atom stereocenters. The van der Waals surface area contributed by atoms with Gasteiger partial charge >= 0.3 is 17.8 Å². The van der Waals surface area contributed by atoms with E-state index in [4.69, 9.17) is 0 Å². The molecule has 0 N–H and O–H groups in total. The Bertz CT molecular complexity index is 186. The van der Waals surface area contributed by atoms with Crippen molar-refractivity contribution in [3.8, 4) is 0 Å². The lowest BCUT2D eigenvalue weighted by atomic mass is 10.0. The maximum atomic E-state index is 12.5. The molecule has 0 aromatic heterocycles. The predicted octanol–water partition coefficient (Wildman–Crippen LogP) is 3.48. The smallest absolute Gasteiger partial charge is 0.251 e. The van der Waals surface area contributed by atoms with Crippen molar-refractivity contribution in [2.45, 2.75) is 30.6 Å². The van der Waals surface area contributed by atoms with E-state index in [1.54, 1.807) is 0 Å². The van der Waals surface area contributed by atoms with Gasteiger partial charge in [-0.15, -0.1) is 0 Å². The average Bonchev–Trinajstić information content (AvgIpc) is 2.03. The average molecular weight is 225 g/mol. The Labute approximate surface area is 76.1 Å². The summed E-state index contributed by atoms with van der Waals surface area (Å²) in [7, 11) is 0. The molecular weight excluding hydrogens is 217 g/mol. The summed E-state index contributed by atoms with van der Waals surface area (Å²) in [4.78, 5) is 0. The van der Waals surface area contributed by atoms with Gasteiger partial charge in [0, 0.05) is 12.8 Å². The maximum Gasteiger partial charge on any atom is 0.371 e. The Morgan fingerprint density at radius 1 is 0.857 bits per heavy atom. The third kappa shape index (κ3) is 2.12. The Morgan fingerprint density at radius 3 is 1.57 bits per heavy atom. The molecule has 0 spiro atoms. The van der Waals surface area contributed by atoms with Gasteiger partial charge in [-0.25, -0.2) is 0 Å². The molecule has 85 valence electrons. The zero-order chi connectivity index (χ0) is 11.6. The van der Waals surface area contributed by atoms with Crippen LogP contribution >= 0.6 is 0 Å². The number of rotatable bonds is 5. The SMILES string of the molecule is [CH2]CC(F)(F)C(F)(F)C(F)(F)CCF. The minimum absolute atomic E-state index is 1.68. The van der Waals surface area contributed by atoms with Gasteiger partial charge in [-0.3, -0.25) is 4.39 Å². The first-order valence-corrected chi connectivity index (χ1v) is 3.61. The summed E-state index contributed by atoms with van der Waals surface area (Å²) in [5.74, 6) is -15.6. The maximum absolute atomic E-state index is 12.5. The molecule has 0 aliphatic carbocycles. The molecule has 0 saturated heterocycles. The lowest BCUT2D eigenvalue weighted by Gasteiger charge is -2.31. The van der Waals surface area contributed by atoms with Gasteiger partial charge in [0.25, 0.3) is 0 Å². The number of halogens is 7. The second-order valence-electron chi connectivity index (χ2n) is 2.67. The molecule has 7 heteroatoms. The van der Waals surface area contributed by atoms with Crippen LogP contribution in [0.15, 0.2) is 0 Å². The quantitative estimate of drug-likeness (QED) is 0.628. The molecule has 14 heavy (non-hydrogen) atoms. The molecule has 0 aliphatic rings. The van der Waals surface area contributed by atoms with Crippen LogP contribution in [0.3, 0.4) is 0 Å². The molecule has 1 radical (unpaired) electrons. The van der Waals surface area contributed by atoms with Gasteiger partial charge in [-0.05, 0) is 6.92 Å². The van der Waals surface area contributed by atoms with Gasteiger partial charge in [0.1, 0.15) is 0 Å². The lowest BCUT2D eigenvalue weighted by molar-refractivity contribution is -0.309. The molecule has 0 bridgehead atoms. The van der Waals surface area contributed by atoms with Gasteiger partial charge in [-0.1, -0.05) is 0 Å². The van der Waals surface area contributed by atoms with Crippen LogP contribution in [0.5, 0.6) is 0 Å². The molecule has 0 saturated carbocycles. The highest BCUT2D eigenvalue weighted by molar-refractivity contribution is 4.96. The van der Waals surface area contributed by atoms with E-state index in [0.717, 1.165) is 0 Å². The largest absolute Gasteiger partial charge is 0.371 e. The van der Waals surface area contributed by atoms with Gasteiger partial charge in [0.15, 0.2) is 0 Å². The van der Waals surface area contributed by atoms with Crippen LogP contribution in [0.2, 0.25) is 0 Å². The summed E-state index contributed by atoms with van der Waals surface area (Å²) < 4.78 is 85.8. The molecule has 0 aromatic carbocycles. The van der Waals surface area contributed by atoms with Crippen LogP contribution in [-0.4, -0.2) is 24.4 Å². The Balaban J connectivity index is 4.92. The van der Waals surface area contributed by atoms with E-state index in [9.17, 15) is 30.7 Å². The summed E-state index contributed by atoms with van der Waals surface area (Å²) in [5, 5.41) is 0. The molecule has 0 amide bonds. The first-order valence-electron chi connectivity index (χ1n) is 3.61. The second-order valence-corrected chi connectivity index (χ2v) is 2.67. The number of alkyl halides is 7. The highest BCUT2D eigenvalue weighted by atomic mass is 19.3. The molecule has 0 aromatic rings. The van der Waals surface area contributed by atoms with E-state index in [1.807, 2.05) is 0 Å². The fourth-order valence-corrected chi connectivity index (χ4v) is 0.700. The Morgan fingerprint density at radius 2 is 1.29 bits per heavy atom. The summed E-state index contributed by atoms with van der Waals surface area (Å²) in [5.41, 5.74) is 0. The second kappa shape index (κ2) is 3.94. The van der Waals surface area contributed by atoms with Crippen LogP contribution in [0, 0.1) is 6.92 Å². The minimum atomic E-state index is -5.58. The Hall–Kier alpha value is -0.490. The van der Waals surface area contributed by atoms with Crippen molar-refractivity contribution in [3.63, 3.8) is 0 Å². The van der Waals surface area contributed by atoms with E-state index in [1.165, 1.54) is 0 Å². The van der Waals surface area contributed by atoms with Crippen molar-refractivity contribution in [1.82, 2.24) is 0 Å². The van der Waals surface area contributed by atoms with Crippen LogP contribution < -0.4 is 0 Å². The summed E-state index contributed by atoms with van der Waals surface area (Å²) >= 11 is 0. The van der Waals surface area contributed by atoms with Gasteiger partial charge in [-0.2, -0.15) is 26.3 Å². The Kier molecular flexibility index (Phi) is 3.80. The normalized spacial score (nSPS) is 14.6. The van der Waals surface area contributed by atoms with E-state index in [-0.39, 0.29) is 0 Å². The van der Waals surface area contributed by atoms with Gasteiger partial charge in [0.2, 0.25) is 0 Å². The summed E-state index contributed by atoms with van der Waals surface area (Å²) in [6.45, 7) is 0.644. The lowest BCUT2D eigenvalue weighted by Crippen LogP contribution is -2.54. The highest BCUT2D eigenvalue weighted by Crippen LogP contribution is 2.48. The summed E-state index contributed by atoms with van der Waals surface area (Å²) in [6, 6.07) is 0. The summed E-state index contributed by atoms with van der Waals surface area (Å²) in [6.07, 6.45) is -3.61. The van der Waals surface area contributed by atoms with Gasteiger partial charge < -0.3 is 0 Å². The first kappa shape index (κ1) is 13.5. The zero-order valence-corrected chi connectivity index (χ0v) is 6.97. The fourth-order valence-electron chi connectivity index (χ4n) is 0.700. The third-order valence-electron chi connectivity index (χ3n) is 1.64. The molecule has 0 rings (SSSR count). The van der Waals surface area contributed by atoms with Crippen molar-refractivity contribution < 1.29 is 30.7 Å². The van der Waals surface area contributed by atoms with E-state index >= 15 is 0 Å². The van der Waals surface area contributed by atoms with Crippen LogP contribution in [-0.2, 0) is 0 Å². The highest BCUT2D eigenvalue weighted by Gasteiger charge is 2.69. The van der Waals surface area contributed by atoms with E-state index in [0.29, 0.717) is 0 Å². The molecule has 0 unspecified atom stereocenters. The molecule has 0 nitrogen and oxygen atoms in total. The molecular formula is C7H8F7. The fraction of sp³-hybridized carbons (Fsp3) is 0.857. The zero-order valence-electron chi connectivity index (χ0n) is 6.97. The van der Waals surface area contributed by atoms with Crippen molar-refractivity contribution in [3.05, 3.63) is 6.92 Å². The van der Waals surface area contributed by atoms with Crippen molar-refractivity contribution in [1.29, 1.82) is 0 Å². The van der Waals surface area contributed by atoms with Crippen molar-refractivity contribution >= 4 is 0 Å². The van der Waals surface area contributed by atoms with Crippen molar-refractivity contribution in [2.24, 2.45) is 0 Å². The minimum Gasteiger partial charge on any atom is -0.251 e. The monoisotopic (exact) mass is 225 g/mol. The predicted molar refractivity (Wildman–Crippen MR) is 35.4 cm³/mol. The third-order valence-corrected chi connectivity index (χ3v) is 1.64. The number of hydrogen-bond donors (Lipinski definition) is 0. The van der Waals surface area contributed by atoms with E-state index < -0.39 is 37.3 Å². The van der Waals surface area contributed by atoms with E-state index in [2.05, 4.69) is 6.92 Å².